The molecule has 1 fully saturated rings. The quantitative estimate of drug-likeness (QED) is 0.788. The zero-order valence-corrected chi connectivity index (χ0v) is 12.9. The van der Waals surface area contributed by atoms with Gasteiger partial charge in [-0.2, -0.15) is 0 Å². The molecule has 5 heteroatoms. The average Bonchev–Trinajstić information content (AvgIpc) is 2.35. The molecule has 0 atom stereocenters. The van der Waals surface area contributed by atoms with E-state index in [-0.39, 0.29) is 17.3 Å². The van der Waals surface area contributed by atoms with Crippen LogP contribution in [0.4, 0.5) is 0 Å². The van der Waals surface area contributed by atoms with E-state index in [2.05, 4.69) is 21.2 Å². The van der Waals surface area contributed by atoms with Gasteiger partial charge in [-0.3, -0.25) is 4.79 Å². The number of hydrogen-bond donors (Lipinski definition) is 1. The summed E-state index contributed by atoms with van der Waals surface area (Å²) in [6.07, 6.45) is 3.83. The Bertz CT molecular complexity index is 445. The molecule has 0 spiro atoms. The molecule has 0 aromatic heterocycles. The maximum atomic E-state index is 12.0. The topological polar surface area (TPSA) is 29.1 Å². The summed E-state index contributed by atoms with van der Waals surface area (Å²) in [4.78, 5) is 12.0. The van der Waals surface area contributed by atoms with Crippen LogP contribution in [0.3, 0.4) is 0 Å². The number of amides is 1. The number of benzene rings is 1. The van der Waals surface area contributed by atoms with Crippen LogP contribution in [-0.4, -0.2) is 17.3 Å². The molecule has 2 nitrogen and oxygen atoms in total. The van der Waals surface area contributed by atoms with Gasteiger partial charge in [0.1, 0.15) is 0 Å². The van der Waals surface area contributed by atoms with Crippen molar-refractivity contribution in [2.24, 2.45) is 0 Å². The van der Waals surface area contributed by atoms with Crippen LogP contribution in [0.5, 0.6) is 0 Å². The van der Waals surface area contributed by atoms with Crippen molar-refractivity contribution < 1.29 is 4.79 Å². The minimum absolute atomic E-state index is 0.0672. The van der Waals surface area contributed by atoms with Crippen molar-refractivity contribution in [2.75, 3.05) is 0 Å². The number of hydrogen-bond acceptors (Lipinski definition) is 1. The third-order valence-corrected chi connectivity index (χ3v) is 4.84. The van der Waals surface area contributed by atoms with Gasteiger partial charge in [0.05, 0.1) is 5.02 Å². The van der Waals surface area contributed by atoms with Gasteiger partial charge >= 0.3 is 0 Å². The third-order valence-electron chi connectivity index (χ3n) is 3.17. The lowest BCUT2D eigenvalue weighted by Gasteiger charge is -2.25. The van der Waals surface area contributed by atoms with Crippen LogP contribution in [-0.2, 0) is 0 Å². The molecule has 98 valence electrons. The molecule has 1 aromatic rings. The van der Waals surface area contributed by atoms with Crippen molar-refractivity contribution in [1.82, 2.24) is 5.32 Å². The van der Waals surface area contributed by atoms with Crippen molar-refractivity contribution in [3.05, 3.63) is 33.3 Å². The smallest absolute Gasteiger partial charge is 0.251 e. The van der Waals surface area contributed by atoms with Gasteiger partial charge in [0.2, 0.25) is 0 Å². The molecule has 0 aliphatic heterocycles. The summed E-state index contributed by atoms with van der Waals surface area (Å²) in [5.74, 6) is -0.0672. The fraction of sp³-hybridized carbons (Fsp3) is 0.462. The molecular formula is C13H14BrCl2NO. The number of halogens is 3. The predicted molar refractivity (Wildman–Crippen MR) is 78.5 cm³/mol. The molecule has 0 unspecified atom stereocenters. The molecule has 1 N–H and O–H groups in total. The molecule has 0 radical (unpaired) electrons. The highest BCUT2D eigenvalue weighted by Gasteiger charge is 2.21. The van der Waals surface area contributed by atoms with Crippen molar-refractivity contribution in [1.29, 1.82) is 0 Å². The summed E-state index contributed by atoms with van der Waals surface area (Å²) in [6, 6.07) is 5.45. The molecule has 18 heavy (non-hydrogen) atoms. The molecule has 0 heterocycles. The summed E-state index contributed by atoms with van der Waals surface area (Å²) >= 11 is 15.3. The summed E-state index contributed by atoms with van der Waals surface area (Å²) in [7, 11) is 0. The Balaban J connectivity index is 1.97. The van der Waals surface area contributed by atoms with Crippen molar-refractivity contribution in [3.8, 4) is 0 Å². The number of nitrogens with one attached hydrogen (secondary N) is 1. The summed E-state index contributed by atoms with van der Waals surface area (Å²) in [6.45, 7) is 0. The fourth-order valence-electron chi connectivity index (χ4n) is 2.10. The minimum Gasteiger partial charge on any atom is -0.349 e. The Morgan fingerprint density at radius 2 is 1.94 bits per heavy atom. The Morgan fingerprint density at radius 1 is 1.28 bits per heavy atom. The van der Waals surface area contributed by atoms with E-state index in [1.807, 2.05) is 0 Å². The first-order chi connectivity index (χ1) is 8.56. The van der Waals surface area contributed by atoms with Crippen molar-refractivity contribution >= 4 is 45.0 Å². The largest absolute Gasteiger partial charge is 0.349 e. The normalized spacial score (nSPS) is 23.7. The predicted octanol–water partition coefficient (Wildman–Crippen LogP) is 4.38. The summed E-state index contributed by atoms with van der Waals surface area (Å²) < 4.78 is 0.795. The number of alkyl halides is 1. The van der Waals surface area contributed by atoms with Crippen molar-refractivity contribution in [2.45, 2.75) is 37.1 Å². The summed E-state index contributed by atoms with van der Waals surface area (Å²) in [5, 5.41) is 3.84. The first-order valence-electron chi connectivity index (χ1n) is 5.96. The molecule has 0 bridgehead atoms. The van der Waals surface area contributed by atoms with Gasteiger partial charge in [0.25, 0.3) is 5.91 Å². The van der Waals surface area contributed by atoms with Gasteiger partial charge in [-0.05, 0) is 59.8 Å². The first-order valence-corrected chi connectivity index (χ1v) is 7.57. The van der Waals surface area contributed by atoms with Crippen LogP contribution in [0, 0.1) is 0 Å². The Hall–Kier alpha value is -0.250. The van der Waals surface area contributed by atoms with Gasteiger partial charge in [-0.15, -0.1) is 11.6 Å². The first kappa shape index (κ1) is 14.2. The van der Waals surface area contributed by atoms with Crippen LogP contribution < -0.4 is 5.32 Å². The van der Waals surface area contributed by atoms with E-state index in [9.17, 15) is 4.79 Å². The van der Waals surface area contributed by atoms with Gasteiger partial charge in [-0.1, -0.05) is 11.6 Å². The molecule has 1 aliphatic rings. The van der Waals surface area contributed by atoms with E-state index >= 15 is 0 Å². The van der Waals surface area contributed by atoms with Crippen LogP contribution in [0.25, 0.3) is 0 Å². The van der Waals surface area contributed by atoms with E-state index in [1.165, 1.54) is 0 Å². The molecule has 1 saturated carbocycles. The fourth-order valence-corrected chi connectivity index (χ4v) is 2.78. The van der Waals surface area contributed by atoms with E-state index in [0.717, 1.165) is 30.2 Å². The number of carbonyl (C=O) groups excluding carboxylic acids is 1. The lowest BCUT2D eigenvalue weighted by molar-refractivity contribution is 0.0928. The second-order valence-corrected chi connectivity index (χ2v) is 6.43. The lowest BCUT2D eigenvalue weighted by Crippen LogP contribution is -2.37. The van der Waals surface area contributed by atoms with Crippen LogP contribution in [0.15, 0.2) is 22.7 Å². The monoisotopic (exact) mass is 349 g/mol. The Morgan fingerprint density at radius 3 is 2.56 bits per heavy atom. The maximum Gasteiger partial charge on any atom is 0.251 e. The standard InChI is InChI=1S/C13H14BrCl2NO/c14-11-6-1-8(7-12(11)16)13(18)17-10-4-2-9(15)3-5-10/h1,6-7,9-10H,2-5H2,(H,17,18). The molecule has 2 rings (SSSR count). The summed E-state index contributed by atoms with van der Waals surface area (Å²) in [5.41, 5.74) is 0.594. The van der Waals surface area contributed by atoms with E-state index in [4.69, 9.17) is 23.2 Å². The highest BCUT2D eigenvalue weighted by Crippen LogP contribution is 2.25. The highest BCUT2D eigenvalue weighted by atomic mass is 79.9. The van der Waals surface area contributed by atoms with E-state index in [0.29, 0.717) is 10.6 Å². The second-order valence-electron chi connectivity index (χ2n) is 4.55. The zero-order chi connectivity index (χ0) is 13.1. The SMILES string of the molecule is O=C(NC1CCC(Cl)CC1)c1ccc(Br)c(Cl)c1. The minimum atomic E-state index is -0.0672. The van der Waals surface area contributed by atoms with Gasteiger partial charge < -0.3 is 5.32 Å². The lowest BCUT2D eigenvalue weighted by atomic mass is 9.95. The van der Waals surface area contributed by atoms with E-state index < -0.39 is 0 Å². The van der Waals surface area contributed by atoms with E-state index in [1.54, 1.807) is 18.2 Å². The molecular weight excluding hydrogens is 337 g/mol. The Kier molecular flexibility index (Phi) is 4.93. The van der Waals surface area contributed by atoms with Gasteiger partial charge in [0.15, 0.2) is 0 Å². The third kappa shape index (κ3) is 3.62. The van der Waals surface area contributed by atoms with Gasteiger partial charge in [0, 0.05) is 21.5 Å². The van der Waals surface area contributed by atoms with Gasteiger partial charge in [-0.25, -0.2) is 0 Å². The maximum absolute atomic E-state index is 12.0. The van der Waals surface area contributed by atoms with Crippen molar-refractivity contribution in [3.63, 3.8) is 0 Å². The second kappa shape index (κ2) is 6.27. The number of carbonyl (C=O) groups is 1. The highest BCUT2D eigenvalue weighted by molar-refractivity contribution is 9.10. The van der Waals surface area contributed by atoms with Crippen LogP contribution in [0.1, 0.15) is 36.0 Å². The van der Waals surface area contributed by atoms with Crippen LogP contribution >= 0.6 is 39.1 Å². The molecule has 0 saturated heterocycles. The average molecular weight is 351 g/mol. The number of rotatable bonds is 2. The van der Waals surface area contributed by atoms with Crippen LogP contribution in [0.2, 0.25) is 5.02 Å². The zero-order valence-electron chi connectivity index (χ0n) is 9.76. The Labute approximate surface area is 125 Å². The molecule has 1 aromatic carbocycles. The molecule has 1 amide bonds. The molecule has 1 aliphatic carbocycles.